The number of hydrogen-bond donors (Lipinski definition) is 1. The van der Waals surface area contributed by atoms with Crippen LogP contribution in [0.1, 0.15) is 50.0 Å². The van der Waals surface area contributed by atoms with Crippen LogP contribution in [0.15, 0.2) is 97.1 Å². The Morgan fingerprint density at radius 1 is 0.707 bits per heavy atom. The molecule has 3 amide bonds. The van der Waals surface area contributed by atoms with E-state index in [0.29, 0.717) is 5.69 Å². The molecule has 0 radical (unpaired) electrons. The molecular formula is C34H26N2O5. The average Bonchev–Trinajstić information content (AvgIpc) is 3.27. The number of carbonyl (C=O) groups is 4. The summed E-state index contributed by atoms with van der Waals surface area (Å²) >= 11 is 0. The van der Waals surface area contributed by atoms with Gasteiger partial charge in [-0.25, -0.2) is 9.69 Å². The third-order valence-corrected chi connectivity index (χ3v) is 8.57. The summed E-state index contributed by atoms with van der Waals surface area (Å²) in [6, 6.07) is 29.8. The third-order valence-electron chi connectivity index (χ3n) is 8.57. The number of nitrogens with one attached hydrogen (secondary N) is 1. The number of imide groups is 1. The SMILES string of the molecule is Cc1ccccc1NC(=O)COC(=O)c1ccccc1N1C(=O)[C@@H]2C3c4ccccc4C(c4ccccc43)[C@H]2C1=O. The average molecular weight is 543 g/mol. The quantitative estimate of drug-likeness (QED) is 0.277. The molecule has 3 aliphatic carbocycles. The van der Waals surface area contributed by atoms with E-state index in [4.69, 9.17) is 4.74 Å². The minimum absolute atomic E-state index is 0.0545. The Balaban J connectivity index is 1.19. The lowest BCUT2D eigenvalue weighted by Crippen LogP contribution is -2.41. The first-order chi connectivity index (χ1) is 20.0. The van der Waals surface area contributed by atoms with Gasteiger partial charge in [-0.3, -0.25) is 14.4 Å². The molecule has 41 heavy (non-hydrogen) atoms. The number of anilines is 2. The Hall–Kier alpha value is -5.04. The number of hydrogen-bond acceptors (Lipinski definition) is 5. The Morgan fingerprint density at radius 3 is 1.76 bits per heavy atom. The normalized spacial score (nSPS) is 21.6. The first-order valence-corrected chi connectivity index (χ1v) is 13.6. The molecule has 202 valence electrons. The molecule has 0 aromatic heterocycles. The van der Waals surface area contributed by atoms with Crippen molar-refractivity contribution in [2.24, 2.45) is 11.8 Å². The van der Waals surface area contributed by atoms with Crippen LogP contribution in [0.3, 0.4) is 0 Å². The molecule has 4 aliphatic rings. The third kappa shape index (κ3) is 3.80. The van der Waals surface area contributed by atoms with Crippen molar-refractivity contribution in [1.29, 1.82) is 0 Å². The summed E-state index contributed by atoms with van der Waals surface area (Å²) in [5.41, 5.74) is 6.04. The Labute approximate surface area is 236 Å². The molecule has 1 aliphatic heterocycles. The van der Waals surface area contributed by atoms with Crippen molar-refractivity contribution in [3.63, 3.8) is 0 Å². The largest absolute Gasteiger partial charge is 0.452 e. The summed E-state index contributed by atoms with van der Waals surface area (Å²) in [5.74, 6) is -3.55. The predicted molar refractivity (Wildman–Crippen MR) is 153 cm³/mol. The minimum Gasteiger partial charge on any atom is -0.452 e. The van der Waals surface area contributed by atoms with Crippen LogP contribution in [0.5, 0.6) is 0 Å². The second-order valence-electron chi connectivity index (χ2n) is 10.7. The predicted octanol–water partition coefficient (Wildman–Crippen LogP) is 5.19. The number of aryl methyl sites for hydroxylation is 1. The smallest absolute Gasteiger partial charge is 0.340 e. The molecule has 0 spiro atoms. The standard InChI is InChI=1S/C34H26N2O5/c1-19-10-2-8-16-25(19)35-27(37)18-41-34(40)24-15-7-9-17-26(24)36-32(38)30-28-20-11-3-4-12-21(20)29(31(30)33(36)39)23-14-6-5-13-22(23)28/h2-17,28-31H,18H2,1H3,(H,35,37)/t28?,29?,30-,31-/m1/s1. The van der Waals surface area contributed by atoms with Crippen LogP contribution in [-0.2, 0) is 19.1 Å². The summed E-state index contributed by atoms with van der Waals surface area (Å²) in [6.45, 7) is 1.35. The highest BCUT2D eigenvalue weighted by molar-refractivity contribution is 6.25. The van der Waals surface area contributed by atoms with Gasteiger partial charge in [-0.1, -0.05) is 78.9 Å². The summed E-state index contributed by atoms with van der Waals surface area (Å²) < 4.78 is 5.35. The van der Waals surface area contributed by atoms with Crippen molar-refractivity contribution in [2.75, 3.05) is 16.8 Å². The Morgan fingerprint density at radius 2 is 1.20 bits per heavy atom. The van der Waals surface area contributed by atoms with Gasteiger partial charge in [0.2, 0.25) is 11.8 Å². The van der Waals surface area contributed by atoms with E-state index in [1.54, 1.807) is 30.3 Å². The number of esters is 1. The van der Waals surface area contributed by atoms with Crippen LogP contribution in [-0.4, -0.2) is 30.3 Å². The topological polar surface area (TPSA) is 92.8 Å². The van der Waals surface area contributed by atoms with Crippen LogP contribution < -0.4 is 10.2 Å². The van der Waals surface area contributed by atoms with Crippen LogP contribution in [0.2, 0.25) is 0 Å². The van der Waals surface area contributed by atoms with E-state index in [9.17, 15) is 19.2 Å². The van der Waals surface area contributed by atoms with Crippen molar-refractivity contribution in [3.8, 4) is 0 Å². The highest BCUT2D eigenvalue weighted by Gasteiger charge is 2.62. The van der Waals surface area contributed by atoms with Crippen molar-refractivity contribution in [1.82, 2.24) is 0 Å². The van der Waals surface area contributed by atoms with Gasteiger partial charge in [0, 0.05) is 17.5 Å². The molecule has 4 aromatic carbocycles. The number of benzene rings is 4. The van der Waals surface area contributed by atoms with Gasteiger partial charge in [0.05, 0.1) is 23.1 Å². The first kappa shape index (κ1) is 25.0. The summed E-state index contributed by atoms with van der Waals surface area (Å²) in [6.07, 6.45) is 0. The van der Waals surface area contributed by atoms with E-state index in [2.05, 4.69) is 5.32 Å². The van der Waals surface area contributed by atoms with Crippen molar-refractivity contribution >= 4 is 35.1 Å². The van der Waals surface area contributed by atoms with Gasteiger partial charge >= 0.3 is 5.97 Å². The maximum Gasteiger partial charge on any atom is 0.340 e. The van der Waals surface area contributed by atoms with Crippen LogP contribution in [0.25, 0.3) is 0 Å². The second kappa shape index (κ2) is 9.55. The highest BCUT2D eigenvalue weighted by atomic mass is 16.5. The molecule has 1 N–H and O–H groups in total. The number of nitrogens with zero attached hydrogens (tertiary/aromatic N) is 1. The van der Waals surface area contributed by atoms with Crippen molar-refractivity contribution in [2.45, 2.75) is 18.8 Å². The molecule has 1 saturated heterocycles. The molecule has 2 atom stereocenters. The Bertz CT molecular complexity index is 1650. The lowest BCUT2D eigenvalue weighted by atomic mass is 9.55. The van der Waals surface area contributed by atoms with Gasteiger partial charge in [-0.2, -0.15) is 0 Å². The molecular weight excluding hydrogens is 516 g/mol. The summed E-state index contributed by atoms with van der Waals surface area (Å²) in [4.78, 5) is 55.1. The van der Waals surface area contributed by atoms with Crippen molar-refractivity contribution < 1.29 is 23.9 Å². The van der Waals surface area contributed by atoms with Gasteiger partial charge < -0.3 is 10.1 Å². The van der Waals surface area contributed by atoms with E-state index in [1.807, 2.05) is 67.6 Å². The zero-order valence-corrected chi connectivity index (χ0v) is 22.2. The van der Waals surface area contributed by atoms with Crippen molar-refractivity contribution in [3.05, 3.63) is 130 Å². The number of carbonyl (C=O) groups excluding carboxylic acids is 4. The minimum atomic E-state index is -0.787. The number of ether oxygens (including phenoxy) is 1. The van der Waals surface area contributed by atoms with E-state index in [0.717, 1.165) is 32.7 Å². The molecule has 7 nitrogen and oxygen atoms in total. The monoisotopic (exact) mass is 542 g/mol. The summed E-state index contributed by atoms with van der Waals surface area (Å²) in [5, 5.41) is 2.73. The van der Waals surface area contributed by atoms with E-state index in [-0.39, 0.29) is 34.9 Å². The van der Waals surface area contributed by atoms with E-state index >= 15 is 0 Å². The molecule has 0 unspecified atom stereocenters. The number of para-hydroxylation sites is 2. The highest BCUT2D eigenvalue weighted by Crippen LogP contribution is 2.61. The summed E-state index contributed by atoms with van der Waals surface area (Å²) in [7, 11) is 0. The maximum atomic E-state index is 14.1. The molecule has 8 rings (SSSR count). The molecule has 7 heteroatoms. The van der Waals surface area contributed by atoms with E-state index < -0.39 is 30.3 Å². The van der Waals surface area contributed by atoms with Crippen LogP contribution in [0.4, 0.5) is 11.4 Å². The fourth-order valence-corrected chi connectivity index (χ4v) is 6.86. The van der Waals surface area contributed by atoms with Gasteiger partial charge in [-0.05, 0) is 52.9 Å². The van der Waals surface area contributed by atoms with Gasteiger partial charge in [0.1, 0.15) is 0 Å². The van der Waals surface area contributed by atoms with E-state index in [1.165, 1.54) is 6.07 Å². The fourth-order valence-electron chi connectivity index (χ4n) is 6.86. The van der Waals surface area contributed by atoms with Gasteiger partial charge in [0.25, 0.3) is 5.91 Å². The molecule has 4 aromatic rings. The number of amides is 3. The van der Waals surface area contributed by atoms with Gasteiger partial charge in [0.15, 0.2) is 6.61 Å². The molecule has 1 heterocycles. The molecule has 2 bridgehead atoms. The zero-order valence-electron chi connectivity index (χ0n) is 22.2. The zero-order chi connectivity index (χ0) is 28.2. The first-order valence-electron chi connectivity index (χ1n) is 13.6. The second-order valence-corrected chi connectivity index (χ2v) is 10.7. The maximum absolute atomic E-state index is 14.1. The van der Waals surface area contributed by atoms with Gasteiger partial charge in [-0.15, -0.1) is 0 Å². The Kier molecular flexibility index (Phi) is 5.82. The lowest BCUT2D eigenvalue weighted by molar-refractivity contribution is -0.122. The number of rotatable bonds is 5. The molecule has 0 saturated carbocycles. The molecule has 1 fully saturated rings. The van der Waals surface area contributed by atoms with Crippen LogP contribution >= 0.6 is 0 Å². The lowest BCUT2D eigenvalue weighted by Gasteiger charge is -2.45. The fraction of sp³-hybridized carbons (Fsp3) is 0.176. The van der Waals surface area contributed by atoms with Crippen LogP contribution in [0, 0.1) is 18.8 Å².